The summed E-state index contributed by atoms with van der Waals surface area (Å²) in [5, 5.41) is 5.58. The van der Waals surface area contributed by atoms with Gasteiger partial charge in [-0.3, -0.25) is 9.59 Å². The van der Waals surface area contributed by atoms with Crippen LogP contribution in [0.3, 0.4) is 0 Å². The van der Waals surface area contributed by atoms with Gasteiger partial charge in [0.1, 0.15) is 0 Å². The topological polar surface area (TPSA) is 71.3 Å². The average Bonchev–Trinajstić information content (AvgIpc) is 3.30. The minimum atomic E-state index is -0.318. The van der Waals surface area contributed by atoms with E-state index >= 15 is 0 Å². The van der Waals surface area contributed by atoms with Crippen molar-refractivity contribution < 1.29 is 14.0 Å². The summed E-state index contributed by atoms with van der Waals surface area (Å²) in [5.74, 6) is -0.255. The molecule has 0 aliphatic heterocycles. The van der Waals surface area contributed by atoms with Gasteiger partial charge in [-0.05, 0) is 64.0 Å². The Hall–Kier alpha value is -2.64. The molecule has 0 fully saturated rings. The molecule has 0 radical (unpaired) electrons. The van der Waals surface area contributed by atoms with E-state index in [0.717, 1.165) is 14.2 Å². The van der Waals surface area contributed by atoms with Gasteiger partial charge < -0.3 is 15.1 Å². The molecule has 3 rings (SSSR count). The first kappa shape index (κ1) is 18.2. The molecule has 0 spiro atoms. The third-order valence-corrected chi connectivity index (χ3v) is 4.98. The molecule has 0 bridgehead atoms. The van der Waals surface area contributed by atoms with Crippen molar-refractivity contribution in [1.29, 1.82) is 0 Å². The highest BCUT2D eigenvalue weighted by Crippen LogP contribution is 2.22. The number of halogens is 1. The van der Waals surface area contributed by atoms with Crippen molar-refractivity contribution in [3.63, 3.8) is 0 Å². The van der Waals surface area contributed by atoms with E-state index in [1.165, 1.54) is 12.3 Å². The zero-order chi connectivity index (χ0) is 18.4. The average molecular weight is 431 g/mol. The molecule has 132 valence electrons. The lowest BCUT2D eigenvalue weighted by Crippen LogP contribution is -2.20. The lowest BCUT2D eigenvalue weighted by atomic mass is 10.2. The molecular formula is C19H15BrN2O3S. The number of carbonyl (C=O) groups is 2. The van der Waals surface area contributed by atoms with Crippen LogP contribution in [0.4, 0.5) is 5.69 Å². The first-order valence-electron chi connectivity index (χ1n) is 7.75. The van der Waals surface area contributed by atoms with Crippen LogP contribution < -0.4 is 10.6 Å². The third-order valence-electron chi connectivity index (χ3n) is 3.39. The molecule has 5 nitrogen and oxygen atoms in total. The fraction of sp³-hybridized carbons (Fsp3) is 0.0526. The Balaban J connectivity index is 1.54. The van der Waals surface area contributed by atoms with Gasteiger partial charge in [0.25, 0.3) is 5.91 Å². The molecule has 0 saturated carbocycles. The molecule has 0 aliphatic carbocycles. The summed E-state index contributed by atoms with van der Waals surface area (Å²) in [6, 6.07) is 14.4. The van der Waals surface area contributed by atoms with Gasteiger partial charge in [0.2, 0.25) is 5.91 Å². The molecule has 2 heterocycles. The summed E-state index contributed by atoms with van der Waals surface area (Å²) in [4.78, 5) is 24.9. The number of rotatable bonds is 6. The second kappa shape index (κ2) is 8.64. The fourth-order valence-corrected chi connectivity index (χ4v) is 3.51. The van der Waals surface area contributed by atoms with Crippen LogP contribution in [0, 0.1) is 0 Å². The van der Waals surface area contributed by atoms with E-state index in [-0.39, 0.29) is 17.6 Å². The fourth-order valence-electron chi connectivity index (χ4n) is 2.18. The minimum absolute atomic E-state index is 0.181. The van der Waals surface area contributed by atoms with Gasteiger partial charge in [-0.2, -0.15) is 0 Å². The quantitative estimate of drug-likeness (QED) is 0.557. The molecule has 1 aromatic carbocycles. The molecule has 26 heavy (non-hydrogen) atoms. The zero-order valence-electron chi connectivity index (χ0n) is 13.6. The van der Waals surface area contributed by atoms with E-state index in [0.29, 0.717) is 12.2 Å². The van der Waals surface area contributed by atoms with Crippen LogP contribution in [0.15, 0.2) is 69.1 Å². The van der Waals surface area contributed by atoms with E-state index in [1.807, 2.05) is 24.3 Å². The minimum Gasteiger partial charge on any atom is -0.459 e. The number of nitrogens with one attached hydrogen (secondary N) is 2. The van der Waals surface area contributed by atoms with Crippen LogP contribution >= 0.6 is 27.3 Å². The summed E-state index contributed by atoms with van der Waals surface area (Å²) in [6.45, 7) is 0.363. The second-order valence-corrected chi connectivity index (χ2v) is 7.82. The maximum absolute atomic E-state index is 12.0. The van der Waals surface area contributed by atoms with Crippen molar-refractivity contribution in [3.8, 4) is 0 Å². The van der Waals surface area contributed by atoms with Gasteiger partial charge in [0, 0.05) is 23.2 Å². The number of hydrogen-bond acceptors (Lipinski definition) is 4. The Bertz CT molecular complexity index is 932. The van der Waals surface area contributed by atoms with E-state index in [4.69, 9.17) is 4.42 Å². The monoisotopic (exact) mass is 430 g/mol. The Labute approximate surface area is 162 Å². The van der Waals surface area contributed by atoms with Crippen LogP contribution in [-0.2, 0) is 11.3 Å². The highest BCUT2D eigenvalue weighted by Gasteiger charge is 2.08. The Kier molecular flexibility index (Phi) is 6.04. The second-order valence-electron chi connectivity index (χ2n) is 5.32. The smallest absolute Gasteiger partial charge is 0.291 e. The number of thiophene rings is 1. The first-order valence-corrected chi connectivity index (χ1v) is 9.36. The zero-order valence-corrected chi connectivity index (χ0v) is 16.0. The SMILES string of the molecule is O=C(/C=C/c1ccc(Br)s1)NCc1cccc(NC(=O)c2ccco2)c1. The Morgan fingerprint density at radius 1 is 1.15 bits per heavy atom. The maximum atomic E-state index is 12.0. The number of benzene rings is 1. The number of anilines is 1. The van der Waals surface area contributed by atoms with Crippen molar-refractivity contribution in [1.82, 2.24) is 5.32 Å². The molecule has 0 aliphatic rings. The van der Waals surface area contributed by atoms with Crippen molar-refractivity contribution in [2.45, 2.75) is 6.54 Å². The van der Waals surface area contributed by atoms with Crippen LogP contribution in [-0.4, -0.2) is 11.8 Å². The number of hydrogen-bond donors (Lipinski definition) is 2. The highest BCUT2D eigenvalue weighted by molar-refractivity contribution is 9.11. The van der Waals surface area contributed by atoms with Gasteiger partial charge in [-0.1, -0.05) is 12.1 Å². The number of carbonyl (C=O) groups excluding carboxylic acids is 2. The van der Waals surface area contributed by atoms with Gasteiger partial charge in [0.15, 0.2) is 5.76 Å². The van der Waals surface area contributed by atoms with Crippen LogP contribution in [0.1, 0.15) is 21.0 Å². The van der Waals surface area contributed by atoms with Crippen LogP contribution in [0.25, 0.3) is 6.08 Å². The summed E-state index contributed by atoms with van der Waals surface area (Å²) < 4.78 is 6.08. The van der Waals surface area contributed by atoms with E-state index in [2.05, 4.69) is 26.6 Å². The predicted molar refractivity (Wildman–Crippen MR) is 106 cm³/mol. The van der Waals surface area contributed by atoms with Gasteiger partial charge in [0.05, 0.1) is 10.0 Å². The van der Waals surface area contributed by atoms with Crippen molar-refractivity contribution in [2.24, 2.45) is 0 Å². The number of furan rings is 1. The first-order chi connectivity index (χ1) is 12.6. The van der Waals surface area contributed by atoms with Crippen molar-refractivity contribution in [2.75, 3.05) is 5.32 Å². The van der Waals surface area contributed by atoms with E-state index < -0.39 is 0 Å². The summed E-state index contributed by atoms with van der Waals surface area (Å²) in [5.41, 5.74) is 1.51. The highest BCUT2D eigenvalue weighted by atomic mass is 79.9. The molecule has 2 amide bonds. The molecular weight excluding hydrogens is 416 g/mol. The van der Waals surface area contributed by atoms with E-state index in [9.17, 15) is 9.59 Å². The molecule has 2 aromatic heterocycles. The Morgan fingerprint density at radius 3 is 2.77 bits per heavy atom. The lowest BCUT2D eigenvalue weighted by molar-refractivity contribution is -0.116. The third kappa shape index (κ3) is 5.18. The van der Waals surface area contributed by atoms with Crippen molar-refractivity contribution in [3.05, 3.63) is 80.9 Å². The van der Waals surface area contributed by atoms with Crippen molar-refractivity contribution >= 4 is 50.8 Å². The molecule has 3 aromatic rings. The standard InChI is InChI=1S/C19H15BrN2O3S/c20-17-8-6-15(26-17)7-9-18(23)21-12-13-3-1-4-14(11-13)22-19(24)16-5-2-10-25-16/h1-11H,12H2,(H,21,23)(H,22,24)/b9-7+. The molecule has 0 unspecified atom stereocenters. The lowest BCUT2D eigenvalue weighted by Gasteiger charge is -2.07. The normalized spacial score (nSPS) is 10.8. The Morgan fingerprint density at radius 2 is 2.04 bits per heavy atom. The predicted octanol–water partition coefficient (Wildman–Crippen LogP) is 4.69. The largest absolute Gasteiger partial charge is 0.459 e. The van der Waals surface area contributed by atoms with Crippen LogP contribution in [0.5, 0.6) is 0 Å². The molecule has 0 atom stereocenters. The van der Waals surface area contributed by atoms with E-state index in [1.54, 1.807) is 41.7 Å². The maximum Gasteiger partial charge on any atom is 0.291 e. The molecule has 0 saturated heterocycles. The van der Waals surface area contributed by atoms with Crippen LogP contribution in [0.2, 0.25) is 0 Å². The summed E-state index contributed by atoms with van der Waals surface area (Å²) in [7, 11) is 0. The van der Waals surface area contributed by atoms with Gasteiger partial charge >= 0.3 is 0 Å². The molecule has 2 N–H and O–H groups in total. The number of amides is 2. The van der Waals surface area contributed by atoms with Gasteiger partial charge in [-0.15, -0.1) is 11.3 Å². The molecule has 7 heteroatoms. The summed E-state index contributed by atoms with van der Waals surface area (Å²) in [6.07, 6.45) is 4.72. The summed E-state index contributed by atoms with van der Waals surface area (Å²) >= 11 is 4.94. The van der Waals surface area contributed by atoms with Gasteiger partial charge in [-0.25, -0.2) is 0 Å².